The van der Waals surface area contributed by atoms with Crippen LogP contribution in [0, 0.1) is 5.92 Å². The smallest absolute Gasteiger partial charge is 0.0591 e. The van der Waals surface area contributed by atoms with E-state index in [1.807, 2.05) is 0 Å². The van der Waals surface area contributed by atoms with Crippen LogP contribution in [0.1, 0.15) is 39.5 Å². The van der Waals surface area contributed by atoms with Crippen LogP contribution < -0.4 is 5.32 Å². The SMILES string of the molecule is CCCCOCCNC(CC)C1CCOC1. The monoisotopic (exact) mass is 229 g/mol. The molecule has 0 aromatic rings. The normalized spacial score (nSPS) is 22.5. The Morgan fingerprint density at radius 1 is 1.38 bits per heavy atom. The molecule has 3 heteroatoms. The molecular weight excluding hydrogens is 202 g/mol. The Bertz CT molecular complexity index is 158. The predicted octanol–water partition coefficient (Wildman–Crippen LogP) is 2.21. The van der Waals surface area contributed by atoms with E-state index in [0.717, 1.165) is 33.0 Å². The molecule has 0 spiro atoms. The lowest BCUT2D eigenvalue weighted by molar-refractivity contribution is 0.126. The van der Waals surface area contributed by atoms with Gasteiger partial charge in [0, 0.05) is 25.8 Å². The Hall–Kier alpha value is -0.120. The standard InChI is InChI=1S/C13H27NO2/c1-3-5-8-15-10-7-14-13(4-2)12-6-9-16-11-12/h12-14H,3-11H2,1-2H3. The van der Waals surface area contributed by atoms with Gasteiger partial charge in [-0.25, -0.2) is 0 Å². The van der Waals surface area contributed by atoms with Crippen molar-refractivity contribution in [2.24, 2.45) is 5.92 Å². The summed E-state index contributed by atoms with van der Waals surface area (Å²) in [6, 6.07) is 0.609. The van der Waals surface area contributed by atoms with Gasteiger partial charge < -0.3 is 14.8 Å². The third-order valence-electron chi connectivity index (χ3n) is 3.27. The topological polar surface area (TPSA) is 30.5 Å². The highest BCUT2D eigenvalue weighted by atomic mass is 16.5. The molecule has 0 aromatic heterocycles. The third-order valence-corrected chi connectivity index (χ3v) is 3.27. The van der Waals surface area contributed by atoms with Gasteiger partial charge in [0.1, 0.15) is 0 Å². The Balaban J connectivity index is 2.00. The highest BCUT2D eigenvalue weighted by molar-refractivity contribution is 4.78. The number of unbranched alkanes of at least 4 members (excludes halogenated alkanes) is 1. The first kappa shape index (κ1) is 13.9. The summed E-state index contributed by atoms with van der Waals surface area (Å²) in [6.07, 6.45) is 4.78. The lowest BCUT2D eigenvalue weighted by atomic mass is 9.97. The third kappa shape index (κ3) is 5.28. The lowest BCUT2D eigenvalue weighted by Crippen LogP contribution is -2.38. The maximum atomic E-state index is 5.54. The zero-order valence-electron chi connectivity index (χ0n) is 10.8. The molecule has 1 heterocycles. The Labute approximate surface area is 99.9 Å². The van der Waals surface area contributed by atoms with E-state index in [0.29, 0.717) is 12.0 Å². The van der Waals surface area contributed by atoms with Crippen LogP contribution in [0.3, 0.4) is 0 Å². The van der Waals surface area contributed by atoms with E-state index in [1.54, 1.807) is 0 Å². The van der Waals surface area contributed by atoms with Gasteiger partial charge in [-0.1, -0.05) is 20.3 Å². The van der Waals surface area contributed by atoms with Crippen LogP contribution in [0.25, 0.3) is 0 Å². The molecule has 1 N–H and O–H groups in total. The molecule has 2 unspecified atom stereocenters. The van der Waals surface area contributed by atoms with Crippen LogP contribution in [0.2, 0.25) is 0 Å². The molecule has 1 saturated heterocycles. The second-order valence-electron chi connectivity index (χ2n) is 4.56. The maximum Gasteiger partial charge on any atom is 0.0591 e. The molecule has 96 valence electrons. The fraction of sp³-hybridized carbons (Fsp3) is 1.00. The second-order valence-corrected chi connectivity index (χ2v) is 4.56. The van der Waals surface area contributed by atoms with Crippen molar-refractivity contribution < 1.29 is 9.47 Å². The van der Waals surface area contributed by atoms with Crippen molar-refractivity contribution in [1.82, 2.24) is 5.32 Å². The minimum atomic E-state index is 0.609. The molecule has 0 aliphatic carbocycles. The predicted molar refractivity (Wildman–Crippen MR) is 66.7 cm³/mol. The van der Waals surface area contributed by atoms with Gasteiger partial charge in [-0.2, -0.15) is 0 Å². The van der Waals surface area contributed by atoms with E-state index in [9.17, 15) is 0 Å². The summed E-state index contributed by atoms with van der Waals surface area (Å²) in [5, 5.41) is 3.58. The minimum absolute atomic E-state index is 0.609. The fourth-order valence-corrected chi connectivity index (χ4v) is 2.18. The van der Waals surface area contributed by atoms with Gasteiger partial charge in [0.05, 0.1) is 13.2 Å². The van der Waals surface area contributed by atoms with E-state index in [-0.39, 0.29) is 0 Å². The van der Waals surface area contributed by atoms with Gasteiger partial charge in [0.15, 0.2) is 0 Å². The number of rotatable bonds is 9. The van der Waals surface area contributed by atoms with Crippen LogP contribution in [0.5, 0.6) is 0 Å². The van der Waals surface area contributed by atoms with Gasteiger partial charge in [-0.15, -0.1) is 0 Å². The zero-order valence-corrected chi connectivity index (χ0v) is 10.8. The van der Waals surface area contributed by atoms with E-state index in [2.05, 4.69) is 19.2 Å². The fourth-order valence-electron chi connectivity index (χ4n) is 2.18. The molecule has 0 saturated carbocycles. The molecule has 1 aliphatic heterocycles. The highest BCUT2D eigenvalue weighted by Gasteiger charge is 2.23. The van der Waals surface area contributed by atoms with Gasteiger partial charge in [0.25, 0.3) is 0 Å². The zero-order chi connectivity index (χ0) is 11.6. The average Bonchev–Trinajstić information content (AvgIpc) is 2.82. The largest absolute Gasteiger partial charge is 0.381 e. The Morgan fingerprint density at radius 2 is 2.25 bits per heavy atom. The summed E-state index contributed by atoms with van der Waals surface area (Å²) in [6.45, 7) is 9.02. The lowest BCUT2D eigenvalue weighted by Gasteiger charge is -2.22. The summed E-state index contributed by atoms with van der Waals surface area (Å²) in [5.74, 6) is 0.709. The van der Waals surface area contributed by atoms with Crippen LogP contribution in [-0.2, 0) is 9.47 Å². The highest BCUT2D eigenvalue weighted by Crippen LogP contribution is 2.18. The number of nitrogens with one attached hydrogen (secondary N) is 1. The Morgan fingerprint density at radius 3 is 2.88 bits per heavy atom. The number of hydrogen-bond donors (Lipinski definition) is 1. The van der Waals surface area contributed by atoms with Gasteiger partial charge in [-0.05, 0) is 25.2 Å². The molecule has 2 atom stereocenters. The Kier molecular flexibility index (Phi) is 7.81. The molecule has 0 aromatic carbocycles. The number of hydrogen-bond acceptors (Lipinski definition) is 3. The van der Waals surface area contributed by atoms with Crippen LogP contribution in [0.4, 0.5) is 0 Å². The molecule has 0 amide bonds. The molecule has 0 bridgehead atoms. The summed E-state index contributed by atoms with van der Waals surface area (Å²) >= 11 is 0. The van der Waals surface area contributed by atoms with Crippen molar-refractivity contribution in [3.63, 3.8) is 0 Å². The second kappa shape index (κ2) is 8.97. The molecule has 0 radical (unpaired) electrons. The molecule has 1 rings (SSSR count). The van der Waals surface area contributed by atoms with Crippen LogP contribution >= 0.6 is 0 Å². The summed E-state index contributed by atoms with van der Waals surface area (Å²) in [4.78, 5) is 0. The molecule has 1 fully saturated rings. The van der Waals surface area contributed by atoms with Crippen molar-refractivity contribution in [3.05, 3.63) is 0 Å². The van der Waals surface area contributed by atoms with Crippen molar-refractivity contribution in [2.75, 3.05) is 33.0 Å². The minimum Gasteiger partial charge on any atom is -0.381 e. The summed E-state index contributed by atoms with van der Waals surface area (Å²) < 4.78 is 11.0. The quantitative estimate of drug-likeness (QED) is 0.615. The van der Waals surface area contributed by atoms with Crippen molar-refractivity contribution in [3.8, 4) is 0 Å². The first-order valence-corrected chi connectivity index (χ1v) is 6.77. The molecule has 1 aliphatic rings. The van der Waals surface area contributed by atoms with Crippen LogP contribution in [0.15, 0.2) is 0 Å². The van der Waals surface area contributed by atoms with Crippen molar-refractivity contribution in [1.29, 1.82) is 0 Å². The van der Waals surface area contributed by atoms with E-state index < -0.39 is 0 Å². The van der Waals surface area contributed by atoms with Gasteiger partial charge in [0.2, 0.25) is 0 Å². The average molecular weight is 229 g/mol. The molecular formula is C13H27NO2. The van der Waals surface area contributed by atoms with Gasteiger partial charge >= 0.3 is 0 Å². The summed E-state index contributed by atoms with van der Waals surface area (Å²) in [7, 11) is 0. The van der Waals surface area contributed by atoms with Crippen molar-refractivity contribution >= 4 is 0 Å². The van der Waals surface area contributed by atoms with E-state index in [4.69, 9.17) is 9.47 Å². The van der Waals surface area contributed by atoms with Gasteiger partial charge in [-0.3, -0.25) is 0 Å². The first-order valence-electron chi connectivity index (χ1n) is 6.77. The first-order chi connectivity index (χ1) is 7.88. The summed E-state index contributed by atoms with van der Waals surface area (Å²) in [5.41, 5.74) is 0. The number of ether oxygens (including phenoxy) is 2. The maximum absolute atomic E-state index is 5.54. The van der Waals surface area contributed by atoms with E-state index in [1.165, 1.54) is 25.7 Å². The molecule has 16 heavy (non-hydrogen) atoms. The van der Waals surface area contributed by atoms with Crippen molar-refractivity contribution in [2.45, 2.75) is 45.6 Å². The van der Waals surface area contributed by atoms with E-state index >= 15 is 0 Å². The van der Waals surface area contributed by atoms with Crippen LogP contribution in [-0.4, -0.2) is 39.0 Å². The molecule has 3 nitrogen and oxygen atoms in total.